The van der Waals surface area contributed by atoms with Gasteiger partial charge in [0.2, 0.25) is 0 Å². The summed E-state index contributed by atoms with van der Waals surface area (Å²) in [6.45, 7) is 6.67. The van der Waals surface area contributed by atoms with Gasteiger partial charge in [-0.05, 0) is 43.2 Å². The minimum atomic E-state index is -0.398. The van der Waals surface area contributed by atoms with Crippen molar-refractivity contribution in [1.82, 2.24) is 10.6 Å². The van der Waals surface area contributed by atoms with Crippen LogP contribution in [0.25, 0.3) is 0 Å². The Labute approximate surface area is 137 Å². The van der Waals surface area contributed by atoms with Gasteiger partial charge < -0.3 is 15.7 Å². The van der Waals surface area contributed by atoms with Crippen molar-refractivity contribution in [2.45, 2.75) is 51.6 Å². The van der Waals surface area contributed by atoms with E-state index in [-0.39, 0.29) is 22.7 Å². The summed E-state index contributed by atoms with van der Waals surface area (Å²) in [4.78, 5) is 12.0. The Balaban J connectivity index is 1.82. The second-order valence-electron chi connectivity index (χ2n) is 7.51. The molecule has 1 aliphatic rings. The number of hydrogen-bond donors (Lipinski definition) is 3. The maximum atomic E-state index is 13.9. The molecular weight excluding hydrogens is 295 g/mol. The first-order valence-corrected chi connectivity index (χ1v) is 8.19. The first-order chi connectivity index (χ1) is 10.7. The van der Waals surface area contributed by atoms with E-state index < -0.39 is 6.10 Å². The molecule has 1 fully saturated rings. The molecule has 1 atom stereocenters. The number of carbonyl (C=O) groups excluding carboxylic acids is 1. The molecule has 1 unspecified atom stereocenters. The fraction of sp³-hybridized carbons (Fsp3) is 0.611. The van der Waals surface area contributed by atoms with Crippen molar-refractivity contribution in [2.24, 2.45) is 5.41 Å². The summed E-state index contributed by atoms with van der Waals surface area (Å²) in [5, 5.41) is 15.2. The smallest absolute Gasteiger partial charge is 0.314 e. The summed E-state index contributed by atoms with van der Waals surface area (Å²) in [6.07, 6.45) is 2.00. The number of halogens is 1. The van der Waals surface area contributed by atoms with E-state index in [0.717, 1.165) is 12.8 Å². The van der Waals surface area contributed by atoms with Gasteiger partial charge >= 0.3 is 6.03 Å². The largest absolute Gasteiger partial charge is 0.393 e. The monoisotopic (exact) mass is 322 g/mol. The molecule has 1 aliphatic carbocycles. The van der Waals surface area contributed by atoms with Crippen molar-refractivity contribution in [1.29, 1.82) is 0 Å². The molecule has 1 aromatic carbocycles. The number of carbonyl (C=O) groups is 1. The summed E-state index contributed by atoms with van der Waals surface area (Å²) in [7, 11) is 0. The first kappa shape index (κ1) is 17.7. The summed E-state index contributed by atoms with van der Waals surface area (Å²) in [5.74, 6) is -0.203. The van der Waals surface area contributed by atoms with Crippen LogP contribution < -0.4 is 10.6 Å². The highest BCUT2D eigenvalue weighted by molar-refractivity contribution is 5.74. The fourth-order valence-corrected chi connectivity index (χ4v) is 3.09. The van der Waals surface area contributed by atoms with E-state index in [1.807, 2.05) is 19.9 Å². The minimum absolute atomic E-state index is 0.172. The quantitative estimate of drug-likeness (QED) is 0.723. The number of hydrogen-bond acceptors (Lipinski definition) is 2. The Morgan fingerprint density at radius 1 is 1.35 bits per heavy atom. The standard InChI is InChI=1S/C18H27FN2O2/c1-13(22)10-17(2,3)11-20-16(23)21-12-18(8-9-18)14-6-4-5-7-15(14)19/h4-7,13,22H,8-12H2,1-3H3,(H2,20,21,23). The third-order valence-electron chi connectivity index (χ3n) is 4.46. The number of urea groups is 1. The Kier molecular flexibility index (Phi) is 5.30. The minimum Gasteiger partial charge on any atom is -0.393 e. The Morgan fingerprint density at radius 2 is 2.00 bits per heavy atom. The average molecular weight is 322 g/mol. The van der Waals surface area contributed by atoms with Gasteiger partial charge in [-0.2, -0.15) is 0 Å². The van der Waals surface area contributed by atoms with E-state index in [1.54, 1.807) is 19.1 Å². The topological polar surface area (TPSA) is 61.4 Å². The number of aliphatic hydroxyl groups is 1. The van der Waals surface area contributed by atoms with Gasteiger partial charge in [0.15, 0.2) is 0 Å². The van der Waals surface area contributed by atoms with E-state index in [1.165, 1.54) is 6.07 Å². The van der Waals surface area contributed by atoms with Gasteiger partial charge in [-0.15, -0.1) is 0 Å². The van der Waals surface area contributed by atoms with Crippen molar-refractivity contribution in [3.63, 3.8) is 0 Å². The molecule has 0 saturated heterocycles. The fourth-order valence-electron chi connectivity index (χ4n) is 3.09. The highest BCUT2D eigenvalue weighted by Gasteiger charge is 2.46. The van der Waals surface area contributed by atoms with Crippen LogP contribution in [0.15, 0.2) is 24.3 Å². The zero-order chi connectivity index (χ0) is 17.1. The number of aliphatic hydroxyl groups excluding tert-OH is 1. The molecule has 0 aromatic heterocycles. The maximum Gasteiger partial charge on any atom is 0.314 e. The predicted octanol–water partition coefficient (Wildman–Crippen LogP) is 2.95. The Bertz CT molecular complexity index is 554. The van der Waals surface area contributed by atoms with Crippen LogP contribution in [-0.4, -0.2) is 30.3 Å². The molecule has 2 rings (SSSR count). The number of rotatable bonds is 7. The average Bonchev–Trinajstić information content (AvgIpc) is 3.23. The van der Waals surface area contributed by atoms with Crippen LogP contribution in [0.2, 0.25) is 0 Å². The highest BCUT2D eigenvalue weighted by Crippen LogP contribution is 2.48. The van der Waals surface area contributed by atoms with Gasteiger partial charge in [0.1, 0.15) is 5.82 Å². The molecule has 23 heavy (non-hydrogen) atoms. The molecule has 5 heteroatoms. The second-order valence-corrected chi connectivity index (χ2v) is 7.51. The molecule has 3 N–H and O–H groups in total. The molecule has 0 spiro atoms. The third kappa shape index (κ3) is 4.93. The molecule has 1 saturated carbocycles. The Morgan fingerprint density at radius 3 is 2.57 bits per heavy atom. The lowest BCUT2D eigenvalue weighted by molar-refractivity contribution is 0.129. The zero-order valence-corrected chi connectivity index (χ0v) is 14.2. The molecule has 1 aromatic rings. The maximum absolute atomic E-state index is 13.9. The van der Waals surface area contributed by atoms with Crippen molar-refractivity contribution in [2.75, 3.05) is 13.1 Å². The van der Waals surface area contributed by atoms with Gasteiger partial charge in [0.05, 0.1) is 6.10 Å². The molecule has 0 aliphatic heterocycles. The van der Waals surface area contributed by atoms with E-state index in [2.05, 4.69) is 10.6 Å². The lowest BCUT2D eigenvalue weighted by atomic mass is 9.87. The van der Waals surface area contributed by atoms with Gasteiger partial charge in [-0.3, -0.25) is 0 Å². The van der Waals surface area contributed by atoms with Crippen LogP contribution >= 0.6 is 0 Å². The third-order valence-corrected chi connectivity index (χ3v) is 4.46. The SMILES string of the molecule is CC(O)CC(C)(C)CNC(=O)NCC1(c2ccccc2F)CC1. The number of benzene rings is 1. The molecule has 4 nitrogen and oxygen atoms in total. The zero-order valence-electron chi connectivity index (χ0n) is 14.2. The lowest BCUT2D eigenvalue weighted by Crippen LogP contribution is -2.44. The van der Waals surface area contributed by atoms with Crippen molar-refractivity contribution >= 4 is 6.03 Å². The van der Waals surface area contributed by atoms with Crippen LogP contribution in [0, 0.1) is 11.2 Å². The molecule has 0 heterocycles. The summed E-state index contributed by atoms with van der Waals surface area (Å²) < 4.78 is 13.9. The summed E-state index contributed by atoms with van der Waals surface area (Å²) in [6, 6.07) is 6.53. The molecule has 2 amide bonds. The van der Waals surface area contributed by atoms with E-state index in [0.29, 0.717) is 25.1 Å². The van der Waals surface area contributed by atoms with Crippen LogP contribution in [0.1, 0.15) is 45.6 Å². The number of amides is 2. The van der Waals surface area contributed by atoms with Crippen LogP contribution in [-0.2, 0) is 5.41 Å². The summed E-state index contributed by atoms with van der Waals surface area (Å²) in [5.41, 5.74) is 0.265. The molecule has 0 bridgehead atoms. The lowest BCUT2D eigenvalue weighted by Gasteiger charge is -2.26. The van der Waals surface area contributed by atoms with Crippen molar-refractivity contribution < 1.29 is 14.3 Å². The van der Waals surface area contributed by atoms with Crippen molar-refractivity contribution in [3.05, 3.63) is 35.6 Å². The molecular formula is C18H27FN2O2. The van der Waals surface area contributed by atoms with Gasteiger partial charge in [0, 0.05) is 18.5 Å². The number of nitrogens with one attached hydrogen (secondary N) is 2. The van der Waals surface area contributed by atoms with E-state index in [9.17, 15) is 14.3 Å². The normalized spacial score (nSPS) is 17.4. The van der Waals surface area contributed by atoms with Crippen LogP contribution in [0.4, 0.5) is 9.18 Å². The Hall–Kier alpha value is -1.62. The first-order valence-electron chi connectivity index (χ1n) is 8.19. The van der Waals surface area contributed by atoms with Crippen molar-refractivity contribution in [3.8, 4) is 0 Å². The van der Waals surface area contributed by atoms with E-state index in [4.69, 9.17) is 0 Å². The predicted molar refractivity (Wildman–Crippen MR) is 88.8 cm³/mol. The van der Waals surface area contributed by atoms with Gasteiger partial charge in [-0.25, -0.2) is 9.18 Å². The van der Waals surface area contributed by atoms with Crippen LogP contribution in [0.3, 0.4) is 0 Å². The summed E-state index contributed by atoms with van der Waals surface area (Å²) >= 11 is 0. The molecule has 128 valence electrons. The van der Waals surface area contributed by atoms with Crippen LogP contribution in [0.5, 0.6) is 0 Å². The van der Waals surface area contributed by atoms with Gasteiger partial charge in [0.25, 0.3) is 0 Å². The van der Waals surface area contributed by atoms with E-state index >= 15 is 0 Å². The highest BCUT2D eigenvalue weighted by atomic mass is 19.1. The van der Waals surface area contributed by atoms with Gasteiger partial charge in [-0.1, -0.05) is 32.0 Å². The molecule has 0 radical (unpaired) electrons. The second kappa shape index (κ2) is 6.87.